The number of halogens is 3. The molecule has 0 amide bonds. The van der Waals surface area contributed by atoms with Gasteiger partial charge in [0.15, 0.2) is 14.7 Å². The minimum absolute atomic E-state index is 0. The van der Waals surface area contributed by atoms with Gasteiger partial charge in [0.2, 0.25) is 5.76 Å². The Balaban J connectivity index is 0. The molecule has 74 valence electrons. The zero-order valence-electron chi connectivity index (χ0n) is 7.25. The number of aliphatic hydroxyl groups excluding tert-OH is 1. The molecule has 0 aliphatic rings. The average Bonchev–Trinajstić information content (AvgIpc) is 1.83. The van der Waals surface area contributed by atoms with Gasteiger partial charge in [-0.15, -0.1) is 0 Å². The Labute approximate surface area is 100 Å². The molecule has 0 aromatic heterocycles. The van der Waals surface area contributed by atoms with Gasteiger partial charge in [-0.25, -0.2) is 8.42 Å². The van der Waals surface area contributed by atoms with Gasteiger partial charge in [-0.3, -0.25) is 0 Å². The van der Waals surface area contributed by atoms with E-state index < -0.39 is 26.7 Å². The number of nitrogens with zero attached hydrogens (tertiary/aromatic N) is 1. The molecular formula is C5H4F3NNaO3S+. The van der Waals surface area contributed by atoms with Gasteiger partial charge >= 0.3 is 35.7 Å². The van der Waals surface area contributed by atoms with E-state index in [4.69, 9.17) is 10.4 Å². The first-order valence-electron chi connectivity index (χ1n) is 2.71. The van der Waals surface area contributed by atoms with E-state index in [1.807, 2.05) is 0 Å². The Morgan fingerprint density at radius 2 is 1.79 bits per heavy atom. The molecule has 0 atom stereocenters. The van der Waals surface area contributed by atoms with Crippen LogP contribution in [-0.2, 0) is 9.84 Å². The molecular weight excluding hydrogens is 234 g/mol. The molecule has 0 saturated carbocycles. The van der Waals surface area contributed by atoms with Gasteiger partial charge < -0.3 is 5.11 Å². The van der Waals surface area contributed by atoms with Crippen LogP contribution in [0.25, 0.3) is 0 Å². The van der Waals surface area contributed by atoms with Crippen molar-refractivity contribution in [2.45, 2.75) is 6.18 Å². The summed E-state index contributed by atoms with van der Waals surface area (Å²) in [6.07, 6.45) is -4.83. The number of alkyl halides is 3. The van der Waals surface area contributed by atoms with Crippen molar-refractivity contribution in [3.8, 4) is 6.07 Å². The zero-order valence-corrected chi connectivity index (χ0v) is 10.1. The maximum absolute atomic E-state index is 11.7. The van der Waals surface area contributed by atoms with E-state index in [9.17, 15) is 21.6 Å². The van der Waals surface area contributed by atoms with E-state index in [2.05, 4.69) is 0 Å². The summed E-state index contributed by atoms with van der Waals surface area (Å²) < 4.78 is 56.1. The smallest absolute Gasteiger partial charge is 0.503 e. The maximum Gasteiger partial charge on any atom is 1.00 e. The summed E-state index contributed by atoms with van der Waals surface area (Å²) in [5.74, 6) is -2.39. The molecule has 0 radical (unpaired) electrons. The van der Waals surface area contributed by atoms with Crippen LogP contribution in [0.4, 0.5) is 13.2 Å². The van der Waals surface area contributed by atoms with E-state index in [1.54, 1.807) is 0 Å². The summed E-state index contributed by atoms with van der Waals surface area (Å²) in [4.78, 5) is -1.68. The molecule has 0 aromatic carbocycles. The van der Waals surface area contributed by atoms with E-state index in [0.717, 1.165) is 6.07 Å². The third-order valence-corrected chi connectivity index (χ3v) is 1.98. The van der Waals surface area contributed by atoms with Crippen LogP contribution < -0.4 is 29.6 Å². The molecule has 0 fully saturated rings. The topological polar surface area (TPSA) is 78.2 Å². The monoisotopic (exact) mass is 238 g/mol. The summed E-state index contributed by atoms with van der Waals surface area (Å²) in [6.45, 7) is 0. The molecule has 0 saturated heterocycles. The predicted molar refractivity (Wildman–Crippen MR) is 36.2 cm³/mol. The normalized spacial score (nSPS) is 13.6. The van der Waals surface area contributed by atoms with Crippen LogP contribution in [0.1, 0.15) is 0 Å². The number of allylic oxidation sites excluding steroid dienone is 2. The second-order valence-corrected chi connectivity index (χ2v) is 4.01. The van der Waals surface area contributed by atoms with E-state index in [0.29, 0.717) is 6.26 Å². The minimum Gasteiger partial charge on any atom is -0.503 e. The first-order chi connectivity index (χ1) is 5.60. The SMILES string of the molecule is CS(=O)(=O)/C(C#N)=C(/O)C(F)(F)F.[Na+]. The standard InChI is InChI=1S/C5H4F3NO3S.Na/c1-13(11,12)3(2-9)4(10)5(6,7)8;/h10H,1H3;/q;+1/b4-3+;. The van der Waals surface area contributed by atoms with Crippen molar-refractivity contribution in [3.63, 3.8) is 0 Å². The van der Waals surface area contributed by atoms with Crippen molar-refractivity contribution in [2.24, 2.45) is 0 Å². The number of hydrogen-bond acceptors (Lipinski definition) is 4. The van der Waals surface area contributed by atoms with Gasteiger partial charge in [-0.05, 0) is 0 Å². The molecule has 0 heterocycles. The van der Waals surface area contributed by atoms with Crippen molar-refractivity contribution in [1.82, 2.24) is 0 Å². The second kappa shape index (κ2) is 5.02. The largest absolute Gasteiger partial charge is 1.00 e. The van der Waals surface area contributed by atoms with Crippen molar-refractivity contribution < 1.29 is 56.3 Å². The Morgan fingerprint density at radius 3 is 1.86 bits per heavy atom. The second-order valence-electron chi connectivity index (χ2n) is 2.06. The van der Waals surface area contributed by atoms with E-state index in [-0.39, 0.29) is 29.6 Å². The van der Waals surface area contributed by atoms with Crippen molar-refractivity contribution in [3.05, 3.63) is 10.7 Å². The Morgan fingerprint density at radius 1 is 1.43 bits per heavy atom. The van der Waals surface area contributed by atoms with Gasteiger partial charge in [0, 0.05) is 6.26 Å². The maximum atomic E-state index is 11.7. The van der Waals surface area contributed by atoms with Crippen molar-refractivity contribution >= 4 is 9.84 Å². The van der Waals surface area contributed by atoms with Gasteiger partial charge in [0.05, 0.1) is 0 Å². The fraction of sp³-hybridized carbons (Fsp3) is 0.400. The van der Waals surface area contributed by atoms with Crippen molar-refractivity contribution in [1.29, 1.82) is 5.26 Å². The fourth-order valence-corrected chi connectivity index (χ4v) is 1.07. The molecule has 0 aliphatic carbocycles. The van der Waals surface area contributed by atoms with E-state index >= 15 is 0 Å². The number of sulfone groups is 1. The zero-order chi connectivity index (χ0) is 10.9. The van der Waals surface area contributed by atoms with Crippen LogP contribution in [0.5, 0.6) is 0 Å². The summed E-state index contributed by atoms with van der Waals surface area (Å²) in [6, 6.07) is 0.770. The Kier molecular flexibility index (Phi) is 5.81. The Hall–Kier alpha value is -0.230. The molecule has 0 unspecified atom stereocenters. The van der Waals surface area contributed by atoms with Crippen LogP contribution >= 0.6 is 0 Å². The summed E-state index contributed by atoms with van der Waals surface area (Å²) >= 11 is 0. The van der Waals surface area contributed by atoms with Crippen LogP contribution in [0.2, 0.25) is 0 Å². The van der Waals surface area contributed by atoms with E-state index in [1.165, 1.54) is 0 Å². The first kappa shape index (κ1) is 16.2. The van der Waals surface area contributed by atoms with Crippen LogP contribution in [0.15, 0.2) is 10.7 Å². The quantitative estimate of drug-likeness (QED) is 0.322. The molecule has 4 nitrogen and oxygen atoms in total. The molecule has 0 rings (SSSR count). The van der Waals surface area contributed by atoms with Gasteiger partial charge in [-0.1, -0.05) is 0 Å². The molecule has 9 heteroatoms. The summed E-state index contributed by atoms with van der Waals surface area (Å²) in [5, 5.41) is 16.4. The molecule has 1 N–H and O–H groups in total. The third-order valence-electron chi connectivity index (χ3n) is 0.956. The fourth-order valence-electron chi connectivity index (χ4n) is 0.440. The third kappa shape index (κ3) is 4.32. The molecule has 14 heavy (non-hydrogen) atoms. The van der Waals surface area contributed by atoms with Gasteiger partial charge in [-0.2, -0.15) is 18.4 Å². The molecule has 0 aliphatic heterocycles. The summed E-state index contributed by atoms with van der Waals surface area (Å²) in [7, 11) is -4.35. The Bertz CT molecular complexity index is 378. The first-order valence-corrected chi connectivity index (χ1v) is 4.60. The predicted octanol–water partition coefficient (Wildman–Crippen LogP) is -2.11. The number of nitriles is 1. The minimum atomic E-state index is -5.23. The number of rotatable bonds is 1. The number of hydrogen-bond donors (Lipinski definition) is 1. The van der Waals surface area contributed by atoms with Gasteiger partial charge in [0.1, 0.15) is 6.07 Å². The number of aliphatic hydroxyl groups is 1. The molecule has 0 aromatic rings. The summed E-state index contributed by atoms with van der Waals surface area (Å²) in [5.41, 5.74) is 0. The molecule has 0 spiro atoms. The van der Waals surface area contributed by atoms with Crippen molar-refractivity contribution in [2.75, 3.05) is 6.26 Å². The van der Waals surface area contributed by atoms with Gasteiger partial charge in [0.25, 0.3) is 0 Å². The average molecular weight is 238 g/mol. The van der Waals surface area contributed by atoms with Crippen LogP contribution in [0.3, 0.4) is 0 Å². The van der Waals surface area contributed by atoms with Crippen LogP contribution in [-0.4, -0.2) is 26.0 Å². The van der Waals surface area contributed by atoms with Crippen LogP contribution in [0, 0.1) is 11.3 Å². The molecule has 0 bridgehead atoms.